The minimum absolute atomic E-state index is 0.0144. The summed E-state index contributed by atoms with van der Waals surface area (Å²) in [7, 11) is 0. The Morgan fingerprint density at radius 1 is 1.25 bits per heavy atom. The van der Waals surface area contributed by atoms with E-state index in [1.807, 2.05) is 29.7 Å². The van der Waals surface area contributed by atoms with Crippen LogP contribution >= 0.6 is 23.1 Å². The van der Waals surface area contributed by atoms with Gasteiger partial charge in [0.15, 0.2) is 16.7 Å². The number of hydrogen-bond donors (Lipinski definition) is 1. The van der Waals surface area contributed by atoms with E-state index >= 15 is 0 Å². The van der Waals surface area contributed by atoms with Gasteiger partial charge in [-0.2, -0.15) is 0 Å². The van der Waals surface area contributed by atoms with E-state index in [0.717, 1.165) is 18.0 Å². The summed E-state index contributed by atoms with van der Waals surface area (Å²) in [5, 5.41) is 14.5. The number of rotatable bonds is 10. The Balaban J connectivity index is 1.66. The van der Waals surface area contributed by atoms with Crippen molar-refractivity contribution in [2.24, 2.45) is 5.92 Å². The van der Waals surface area contributed by atoms with E-state index in [1.54, 1.807) is 17.6 Å². The molecule has 1 amide bonds. The van der Waals surface area contributed by atoms with Gasteiger partial charge in [-0.15, -0.1) is 21.5 Å². The number of carbonyl (C=O) groups is 1. The third-order valence-electron chi connectivity index (χ3n) is 4.79. The minimum atomic E-state index is 0.0144. The number of carbonyl (C=O) groups excluding carboxylic acids is 1. The smallest absolute Gasteiger partial charge is 0.230 e. The Bertz CT molecular complexity index is 855. The van der Waals surface area contributed by atoms with Crippen molar-refractivity contribution in [2.75, 3.05) is 5.75 Å². The van der Waals surface area contributed by atoms with E-state index in [-0.39, 0.29) is 11.9 Å². The SMILES string of the molecule is CCC(CC)C(NC(=O)CSc1nnc(-c2ccco2)n1CC)c1cccs1. The summed E-state index contributed by atoms with van der Waals surface area (Å²) in [5.41, 5.74) is 0. The molecule has 0 saturated heterocycles. The molecule has 3 rings (SSSR count). The van der Waals surface area contributed by atoms with Gasteiger partial charge in [-0.05, 0) is 36.4 Å². The summed E-state index contributed by atoms with van der Waals surface area (Å²) in [6.45, 7) is 7.09. The number of thiophene rings is 1. The Kier molecular flexibility index (Phi) is 7.33. The van der Waals surface area contributed by atoms with Crippen LogP contribution in [0.5, 0.6) is 0 Å². The molecule has 0 aliphatic rings. The number of thioether (sulfide) groups is 1. The van der Waals surface area contributed by atoms with Gasteiger partial charge in [0, 0.05) is 11.4 Å². The normalized spacial score (nSPS) is 12.4. The zero-order chi connectivity index (χ0) is 19.9. The number of nitrogens with zero attached hydrogens (tertiary/aromatic N) is 3. The molecule has 0 aromatic carbocycles. The lowest BCUT2D eigenvalue weighted by molar-refractivity contribution is -0.119. The number of aromatic nitrogens is 3. The molecule has 0 spiro atoms. The van der Waals surface area contributed by atoms with Crippen LogP contribution in [0.1, 0.15) is 44.5 Å². The number of furan rings is 1. The molecule has 8 heteroatoms. The maximum Gasteiger partial charge on any atom is 0.230 e. The van der Waals surface area contributed by atoms with Gasteiger partial charge in [0.1, 0.15) is 0 Å². The summed E-state index contributed by atoms with van der Waals surface area (Å²) in [5.74, 6) is 2.11. The highest BCUT2D eigenvalue weighted by Gasteiger charge is 2.24. The maximum absolute atomic E-state index is 12.7. The number of amides is 1. The molecule has 3 heterocycles. The minimum Gasteiger partial charge on any atom is -0.461 e. The largest absolute Gasteiger partial charge is 0.461 e. The second kappa shape index (κ2) is 9.93. The van der Waals surface area contributed by atoms with Crippen LogP contribution in [0.25, 0.3) is 11.6 Å². The first-order valence-corrected chi connectivity index (χ1v) is 11.5. The highest BCUT2D eigenvalue weighted by molar-refractivity contribution is 7.99. The molecular formula is C20H26N4O2S2. The first-order valence-electron chi connectivity index (χ1n) is 9.60. The zero-order valence-corrected chi connectivity index (χ0v) is 18.1. The van der Waals surface area contributed by atoms with Gasteiger partial charge in [-0.3, -0.25) is 9.36 Å². The highest BCUT2D eigenvalue weighted by atomic mass is 32.2. The van der Waals surface area contributed by atoms with Crippen molar-refractivity contribution in [3.05, 3.63) is 40.8 Å². The van der Waals surface area contributed by atoms with Crippen molar-refractivity contribution in [1.82, 2.24) is 20.1 Å². The van der Waals surface area contributed by atoms with Crippen molar-refractivity contribution < 1.29 is 9.21 Å². The second-order valence-corrected chi connectivity index (χ2v) is 8.38. The van der Waals surface area contributed by atoms with Gasteiger partial charge < -0.3 is 9.73 Å². The van der Waals surface area contributed by atoms with Crippen LogP contribution in [0.3, 0.4) is 0 Å². The van der Waals surface area contributed by atoms with Crippen LogP contribution in [0.2, 0.25) is 0 Å². The Morgan fingerprint density at radius 3 is 2.68 bits per heavy atom. The van der Waals surface area contributed by atoms with Crippen LogP contribution < -0.4 is 5.32 Å². The van der Waals surface area contributed by atoms with E-state index in [0.29, 0.717) is 29.8 Å². The van der Waals surface area contributed by atoms with Crippen LogP contribution in [0, 0.1) is 5.92 Å². The monoisotopic (exact) mass is 418 g/mol. The molecule has 0 bridgehead atoms. The predicted octanol–water partition coefficient (Wildman–Crippen LogP) is 5.01. The van der Waals surface area contributed by atoms with Crippen LogP contribution in [0.15, 0.2) is 45.5 Å². The van der Waals surface area contributed by atoms with Crippen molar-refractivity contribution >= 4 is 29.0 Å². The van der Waals surface area contributed by atoms with Crippen molar-refractivity contribution in [2.45, 2.75) is 51.4 Å². The molecule has 0 aliphatic carbocycles. The lowest BCUT2D eigenvalue weighted by Gasteiger charge is -2.25. The van der Waals surface area contributed by atoms with Crippen LogP contribution in [-0.2, 0) is 11.3 Å². The van der Waals surface area contributed by atoms with Gasteiger partial charge in [-0.1, -0.05) is 44.5 Å². The summed E-state index contributed by atoms with van der Waals surface area (Å²) >= 11 is 3.10. The fourth-order valence-electron chi connectivity index (χ4n) is 3.26. The Hall–Kier alpha value is -2.06. The van der Waals surface area contributed by atoms with E-state index in [1.165, 1.54) is 16.6 Å². The molecule has 28 heavy (non-hydrogen) atoms. The fraction of sp³-hybridized carbons (Fsp3) is 0.450. The van der Waals surface area contributed by atoms with E-state index in [2.05, 4.69) is 40.8 Å². The van der Waals surface area contributed by atoms with Gasteiger partial charge in [0.05, 0.1) is 18.1 Å². The van der Waals surface area contributed by atoms with Crippen molar-refractivity contribution in [1.29, 1.82) is 0 Å². The molecule has 0 radical (unpaired) electrons. The van der Waals surface area contributed by atoms with Gasteiger partial charge in [0.2, 0.25) is 5.91 Å². The van der Waals surface area contributed by atoms with Crippen molar-refractivity contribution in [3.63, 3.8) is 0 Å². The summed E-state index contributed by atoms with van der Waals surface area (Å²) < 4.78 is 7.40. The predicted molar refractivity (Wildman–Crippen MR) is 113 cm³/mol. The zero-order valence-electron chi connectivity index (χ0n) is 16.4. The van der Waals surface area contributed by atoms with Crippen LogP contribution in [-0.4, -0.2) is 26.4 Å². The Morgan fingerprint density at radius 2 is 2.07 bits per heavy atom. The summed E-state index contributed by atoms with van der Waals surface area (Å²) in [6.07, 6.45) is 3.68. The molecule has 150 valence electrons. The fourth-order valence-corrected chi connectivity index (χ4v) is 4.95. The maximum atomic E-state index is 12.7. The first-order chi connectivity index (χ1) is 13.7. The molecule has 0 aliphatic heterocycles. The molecule has 0 fully saturated rings. The molecule has 1 N–H and O–H groups in total. The van der Waals surface area contributed by atoms with E-state index in [9.17, 15) is 4.79 Å². The van der Waals surface area contributed by atoms with Gasteiger partial charge >= 0.3 is 0 Å². The number of nitrogens with one attached hydrogen (secondary N) is 1. The molecule has 1 atom stereocenters. The molecule has 6 nitrogen and oxygen atoms in total. The average Bonchev–Trinajstić information content (AvgIpc) is 3.47. The van der Waals surface area contributed by atoms with Gasteiger partial charge in [-0.25, -0.2) is 0 Å². The third kappa shape index (κ3) is 4.67. The van der Waals surface area contributed by atoms with Crippen molar-refractivity contribution in [3.8, 4) is 11.6 Å². The standard InChI is InChI=1S/C20H26N4O2S2/c1-4-14(5-2)18(16-10-8-12-27-16)21-17(25)13-28-20-23-22-19(24(20)6-3)15-9-7-11-26-15/h7-12,14,18H,4-6,13H2,1-3H3,(H,21,25). The molecule has 3 aromatic rings. The topological polar surface area (TPSA) is 73.0 Å². The third-order valence-corrected chi connectivity index (χ3v) is 6.72. The molecule has 3 aromatic heterocycles. The first kappa shape index (κ1) is 20.7. The highest BCUT2D eigenvalue weighted by Crippen LogP contribution is 2.31. The molecule has 0 saturated carbocycles. The van der Waals surface area contributed by atoms with E-state index in [4.69, 9.17) is 4.42 Å². The quantitative estimate of drug-likeness (QED) is 0.469. The van der Waals surface area contributed by atoms with Crippen LogP contribution in [0.4, 0.5) is 0 Å². The number of hydrogen-bond acceptors (Lipinski definition) is 6. The second-order valence-electron chi connectivity index (χ2n) is 6.45. The summed E-state index contributed by atoms with van der Waals surface area (Å²) in [6, 6.07) is 7.89. The average molecular weight is 419 g/mol. The summed E-state index contributed by atoms with van der Waals surface area (Å²) in [4.78, 5) is 13.9. The Labute approximate surface area is 173 Å². The molecule has 1 unspecified atom stereocenters. The lowest BCUT2D eigenvalue weighted by atomic mass is 9.93. The molecular weight excluding hydrogens is 392 g/mol. The van der Waals surface area contributed by atoms with Gasteiger partial charge in [0.25, 0.3) is 0 Å². The van der Waals surface area contributed by atoms with E-state index < -0.39 is 0 Å². The lowest BCUT2D eigenvalue weighted by Crippen LogP contribution is -2.34.